The zero-order valence-corrected chi connectivity index (χ0v) is 9.13. The number of allylic oxidation sites excluding steroid dienone is 1. The second-order valence-corrected chi connectivity index (χ2v) is 3.65. The molecule has 1 N–H and O–H groups in total. The molecule has 1 unspecified atom stereocenters. The molecule has 1 nitrogen and oxygen atoms in total. The van der Waals surface area contributed by atoms with Gasteiger partial charge in [-0.25, -0.2) is 0 Å². The summed E-state index contributed by atoms with van der Waals surface area (Å²) in [5.74, 6) is 0. The Morgan fingerprint density at radius 2 is 1.69 bits per heavy atom. The van der Waals surface area contributed by atoms with Crippen LogP contribution in [0.5, 0.6) is 0 Å². The number of aliphatic hydroxyl groups excluding tert-OH is 1. The van der Waals surface area contributed by atoms with Gasteiger partial charge in [-0.2, -0.15) is 0 Å². The number of rotatable bonds is 8. The molecule has 0 fully saturated rings. The van der Waals surface area contributed by atoms with E-state index in [1.54, 1.807) is 0 Å². The van der Waals surface area contributed by atoms with E-state index in [0.29, 0.717) is 0 Å². The van der Waals surface area contributed by atoms with Crippen molar-refractivity contribution in [3.63, 3.8) is 0 Å². The number of unbranched alkanes of at least 4 members (excludes halogenated alkanes) is 5. The zero-order valence-electron chi connectivity index (χ0n) is 9.13. The highest BCUT2D eigenvalue weighted by Crippen LogP contribution is 2.08. The van der Waals surface area contributed by atoms with Gasteiger partial charge in [-0.3, -0.25) is 0 Å². The van der Waals surface area contributed by atoms with Crippen molar-refractivity contribution >= 4 is 0 Å². The van der Waals surface area contributed by atoms with Gasteiger partial charge < -0.3 is 5.11 Å². The molecular formula is C12H24O. The van der Waals surface area contributed by atoms with Crippen LogP contribution in [0.25, 0.3) is 0 Å². The first-order valence-corrected chi connectivity index (χ1v) is 5.62. The average molecular weight is 184 g/mol. The van der Waals surface area contributed by atoms with Crippen molar-refractivity contribution in [3.05, 3.63) is 12.2 Å². The van der Waals surface area contributed by atoms with E-state index in [0.717, 1.165) is 12.8 Å². The maximum absolute atomic E-state index is 9.37. The van der Waals surface area contributed by atoms with Crippen LogP contribution in [0.4, 0.5) is 0 Å². The molecule has 0 aromatic rings. The van der Waals surface area contributed by atoms with Crippen LogP contribution >= 0.6 is 0 Å². The van der Waals surface area contributed by atoms with Crippen LogP contribution in [0, 0.1) is 0 Å². The van der Waals surface area contributed by atoms with E-state index in [1.807, 2.05) is 19.1 Å². The van der Waals surface area contributed by atoms with Gasteiger partial charge in [0, 0.05) is 0 Å². The number of aliphatic hydroxyl groups is 1. The molecule has 0 aliphatic carbocycles. The minimum Gasteiger partial charge on any atom is -0.389 e. The quantitative estimate of drug-likeness (QED) is 0.451. The van der Waals surface area contributed by atoms with Crippen molar-refractivity contribution < 1.29 is 5.11 Å². The van der Waals surface area contributed by atoms with E-state index in [-0.39, 0.29) is 6.10 Å². The van der Waals surface area contributed by atoms with Gasteiger partial charge in [-0.1, -0.05) is 57.6 Å². The molecule has 0 saturated heterocycles. The van der Waals surface area contributed by atoms with Crippen molar-refractivity contribution in [2.24, 2.45) is 0 Å². The van der Waals surface area contributed by atoms with Crippen LogP contribution in [-0.2, 0) is 0 Å². The van der Waals surface area contributed by atoms with Crippen molar-refractivity contribution in [3.8, 4) is 0 Å². The average Bonchev–Trinajstić information content (AvgIpc) is 2.11. The molecule has 1 atom stereocenters. The summed E-state index contributed by atoms with van der Waals surface area (Å²) in [5.41, 5.74) is 0. The molecule has 0 heterocycles. The molecule has 1 heteroatoms. The Bertz CT molecular complexity index is 118. The fraction of sp³-hybridized carbons (Fsp3) is 0.833. The Balaban J connectivity index is 3.06. The molecule has 0 saturated carbocycles. The fourth-order valence-corrected chi connectivity index (χ4v) is 1.45. The molecule has 0 aromatic heterocycles. The zero-order chi connectivity index (χ0) is 9.94. The van der Waals surface area contributed by atoms with E-state index in [2.05, 4.69) is 6.92 Å². The monoisotopic (exact) mass is 184 g/mol. The van der Waals surface area contributed by atoms with Gasteiger partial charge in [0.15, 0.2) is 0 Å². The second kappa shape index (κ2) is 9.79. The van der Waals surface area contributed by atoms with E-state index < -0.39 is 0 Å². The molecule has 0 spiro atoms. The highest BCUT2D eigenvalue weighted by Gasteiger charge is 1.97. The first kappa shape index (κ1) is 12.7. The summed E-state index contributed by atoms with van der Waals surface area (Å²) < 4.78 is 0. The lowest BCUT2D eigenvalue weighted by Gasteiger charge is -2.04. The number of hydrogen-bond donors (Lipinski definition) is 1. The molecule has 0 aromatic carbocycles. The van der Waals surface area contributed by atoms with Crippen LogP contribution < -0.4 is 0 Å². The highest BCUT2D eigenvalue weighted by molar-refractivity contribution is 4.84. The molecule has 0 aliphatic rings. The normalized spacial score (nSPS) is 13.8. The van der Waals surface area contributed by atoms with Gasteiger partial charge in [0.2, 0.25) is 0 Å². The van der Waals surface area contributed by atoms with Gasteiger partial charge >= 0.3 is 0 Å². The summed E-state index contributed by atoms with van der Waals surface area (Å²) in [4.78, 5) is 0. The van der Waals surface area contributed by atoms with Crippen LogP contribution in [0.3, 0.4) is 0 Å². The molecule has 0 amide bonds. The predicted octanol–water partition coefficient (Wildman–Crippen LogP) is 3.67. The van der Waals surface area contributed by atoms with Gasteiger partial charge in [0.25, 0.3) is 0 Å². The summed E-state index contributed by atoms with van der Waals surface area (Å²) in [6, 6.07) is 0. The van der Waals surface area contributed by atoms with E-state index in [1.165, 1.54) is 32.1 Å². The van der Waals surface area contributed by atoms with Crippen LogP contribution in [0.15, 0.2) is 12.2 Å². The lowest BCUT2D eigenvalue weighted by atomic mass is 10.1. The maximum Gasteiger partial charge on any atom is 0.0720 e. The Morgan fingerprint density at radius 3 is 2.31 bits per heavy atom. The third-order valence-corrected chi connectivity index (χ3v) is 2.27. The molecule has 0 aliphatic heterocycles. The predicted molar refractivity (Wildman–Crippen MR) is 58.8 cm³/mol. The van der Waals surface area contributed by atoms with Gasteiger partial charge in [-0.05, 0) is 13.3 Å². The Morgan fingerprint density at radius 1 is 1.08 bits per heavy atom. The molecular weight excluding hydrogens is 160 g/mol. The Labute approximate surface area is 82.9 Å². The Hall–Kier alpha value is -0.300. The van der Waals surface area contributed by atoms with Crippen molar-refractivity contribution in [1.29, 1.82) is 0 Å². The third kappa shape index (κ3) is 9.62. The second-order valence-electron chi connectivity index (χ2n) is 3.65. The van der Waals surface area contributed by atoms with Crippen LogP contribution in [0.1, 0.15) is 58.8 Å². The summed E-state index contributed by atoms with van der Waals surface area (Å²) in [7, 11) is 0. The minimum atomic E-state index is -0.212. The highest BCUT2D eigenvalue weighted by atomic mass is 16.3. The SMILES string of the molecule is C/C=C/C(O)CCCCCCCC. The topological polar surface area (TPSA) is 20.2 Å². The molecule has 0 bridgehead atoms. The lowest BCUT2D eigenvalue weighted by molar-refractivity contribution is 0.208. The van der Waals surface area contributed by atoms with Crippen LogP contribution in [-0.4, -0.2) is 11.2 Å². The summed E-state index contributed by atoms with van der Waals surface area (Å²) >= 11 is 0. The van der Waals surface area contributed by atoms with Crippen molar-refractivity contribution in [1.82, 2.24) is 0 Å². The van der Waals surface area contributed by atoms with E-state index in [4.69, 9.17) is 0 Å². The van der Waals surface area contributed by atoms with Gasteiger partial charge in [-0.15, -0.1) is 0 Å². The Kier molecular flexibility index (Phi) is 9.56. The fourth-order valence-electron chi connectivity index (χ4n) is 1.45. The summed E-state index contributed by atoms with van der Waals surface area (Å²) in [5, 5.41) is 9.37. The van der Waals surface area contributed by atoms with Crippen LogP contribution in [0.2, 0.25) is 0 Å². The summed E-state index contributed by atoms with van der Waals surface area (Å²) in [6.45, 7) is 4.18. The summed E-state index contributed by atoms with van der Waals surface area (Å²) in [6.07, 6.45) is 12.3. The number of hydrogen-bond acceptors (Lipinski definition) is 1. The van der Waals surface area contributed by atoms with E-state index in [9.17, 15) is 5.11 Å². The third-order valence-electron chi connectivity index (χ3n) is 2.27. The lowest BCUT2D eigenvalue weighted by Crippen LogP contribution is -2.00. The largest absolute Gasteiger partial charge is 0.389 e. The molecule has 13 heavy (non-hydrogen) atoms. The molecule has 0 rings (SSSR count). The smallest absolute Gasteiger partial charge is 0.0720 e. The first-order valence-electron chi connectivity index (χ1n) is 5.62. The van der Waals surface area contributed by atoms with Gasteiger partial charge in [0.1, 0.15) is 0 Å². The minimum absolute atomic E-state index is 0.212. The van der Waals surface area contributed by atoms with E-state index >= 15 is 0 Å². The van der Waals surface area contributed by atoms with Crippen molar-refractivity contribution in [2.45, 2.75) is 64.9 Å². The van der Waals surface area contributed by atoms with Gasteiger partial charge in [0.05, 0.1) is 6.10 Å². The molecule has 0 radical (unpaired) electrons. The maximum atomic E-state index is 9.37. The van der Waals surface area contributed by atoms with Crippen molar-refractivity contribution in [2.75, 3.05) is 0 Å². The molecule has 78 valence electrons. The first-order chi connectivity index (χ1) is 6.31. The standard InChI is InChI=1S/C12H24O/c1-3-5-6-7-8-9-11-12(13)10-4-2/h4,10,12-13H,3,5-9,11H2,1-2H3/b10-4+.